The molecule has 4 N–H and O–H groups in total. The normalized spacial score (nSPS) is 15.3. The predicted octanol–water partition coefficient (Wildman–Crippen LogP) is 3.66. The first kappa shape index (κ1) is 25.2. The van der Waals surface area contributed by atoms with Crippen molar-refractivity contribution in [3.05, 3.63) is 73.2 Å². The summed E-state index contributed by atoms with van der Waals surface area (Å²) in [5.74, 6) is 0.257. The Labute approximate surface area is 221 Å². The molecule has 1 fully saturated rings. The van der Waals surface area contributed by atoms with Crippen molar-refractivity contribution < 1.29 is 4.79 Å². The lowest BCUT2D eigenvalue weighted by molar-refractivity contribution is -0.111. The summed E-state index contributed by atoms with van der Waals surface area (Å²) < 4.78 is 0. The van der Waals surface area contributed by atoms with Crippen LogP contribution in [0, 0.1) is 0 Å². The van der Waals surface area contributed by atoms with Gasteiger partial charge in [-0.25, -0.2) is 9.97 Å². The average Bonchev–Trinajstić information content (AvgIpc) is 3.42. The van der Waals surface area contributed by atoms with Crippen molar-refractivity contribution in [2.24, 2.45) is 0 Å². The van der Waals surface area contributed by atoms with Crippen molar-refractivity contribution in [3.8, 4) is 11.4 Å². The number of amides is 1. The zero-order chi connectivity index (χ0) is 26.3. The SMILES string of the molecule is CN(C)C/C=C/C(=O)Nc1ccnc(-c2nccc3cnc(Nc4ccc(NC5CCNC5)cc4)nc23)c1. The third-order valence-corrected chi connectivity index (χ3v) is 6.08. The van der Waals surface area contributed by atoms with Crippen LogP contribution in [0.4, 0.5) is 23.0 Å². The number of nitrogens with one attached hydrogen (secondary N) is 4. The number of pyridine rings is 2. The number of fused-ring (bicyclic) bond motifs is 1. The lowest BCUT2D eigenvalue weighted by Crippen LogP contribution is -2.21. The van der Waals surface area contributed by atoms with E-state index in [1.165, 1.54) is 6.08 Å². The first-order chi connectivity index (χ1) is 18.5. The minimum absolute atomic E-state index is 0.204. The first-order valence-electron chi connectivity index (χ1n) is 12.6. The maximum Gasteiger partial charge on any atom is 0.248 e. The van der Waals surface area contributed by atoms with Gasteiger partial charge < -0.3 is 26.2 Å². The average molecular weight is 510 g/mol. The zero-order valence-corrected chi connectivity index (χ0v) is 21.5. The molecular formula is C28H31N9O. The van der Waals surface area contributed by atoms with Crippen molar-refractivity contribution >= 4 is 39.8 Å². The van der Waals surface area contributed by atoms with E-state index in [9.17, 15) is 4.79 Å². The van der Waals surface area contributed by atoms with Gasteiger partial charge >= 0.3 is 0 Å². The largest absolute Gasteiger partial charge is 0.381 e. The molecule has 0 bridgehead atoms. The third-order valence-electron chi connectivity index (χ3n) is 6.08. The summed E-state index contributed by atoms with van der Waals surface area (Å²) in [6.07, 6.45) is 9.57. The Morgan fingerprint density at radius 1 is 1.05 bits per heavy atom. The number of carbonyl (C=O) groups excluding carboxylic acids is 1. The topological polar surface area (TPSA) is 120 Å². The second kappa shape index (κ2) is 11.8. The van der Waals surface area contributed by atoms with E-state index in [-0.39, 0.29) is 5.91 Å². The monoisotopic (exact) mass is 509 g/mol. The van der Waals surface area contributed by atoms with E-state index in [1.807, 2.05) is 55.4 Å². The van der Waals surface area contributed by atoms with Gasteiger partial charge in [0, 0.05) is 66.2 Å². The van der Waals surface area contributed by atoms with E-state index in [2.05, 4.69) is 36.2 Å². The standard InChI is InChI=1S/C28H31N9O/c1-37(2)15-3-4-25(38)34-22-11-14-30-24(16-22)27-26-19(9-13-31-27)17-32-28(36-26)35-21-7-5-20(6-8-21)33-23-10-12-29-18-23/h3-9,11,13-14,16-17,23,29,33H,10,12,15,18H2,1-2H3,(H,30,34,38)(H,32,35,36)/b4-3+. The van der Waals surface area contributed by atoms with Crippen LogP contribution in [-0.4, -0.2) is 70.5 Å². The van der Waals surface area contributed by atoms with Gasteiger partial charge in [-0.2, -0.15) is 0 Å². The van der Waals surface area contributed by atoms with Gasteiger partial charge in [-0.05, 0) is 69.5 Å². The fourth-order valence-corrected chi connectivity index (χ4v) is 4.19. The predicted molar refractivity (Wildman–Crippen MR) is 152 cm³/mol. The Morgan fingerprint density at radius 3 is 2.66 bits per heavy atom. The minimum Gasteiger partial charge on any atom is -0.381 e. The quantitative estimate of drug-likeness (QED) is 0.251. The Hall–Kier alpha value is -4.41. The van der Waals surface area contributed by atoms with Crippen molar-refractivity contribution in [1.29, 1.82) is 0 Å². The highest BCUT2D eigenvalue weighted by Gasteiger charge is 2.14. The summed E-state index contributed by atoms with van der Waals surface area (Å²) >= 11 is 0. The summed E-state index contributed by atoms with van der Waals surface area (Å²) in [6.45, 7) is 2.72. The maximum absolute atomic E-state index is 12.3. The first-order valence-corrected chi connectivity index (χ1v) is 12.6. The fourth-order valence-electron chi connectivity index (χ4n) is 4.19. The second-order valence-corrected chi connectivity index (χ2v) is 9.41. The highest BCUT2D eigenvalue weighted by Crippen LogP contribution is 2.26. The molecule has 10 nitrogen and oxygen atoms in total. The van der Waals surface area contributed by atoms with Gasteiger partial charge in [0.2, 0.25) is 11.9 Å². The summed E-state index contributed by atoms with van der Waals surface area (Å²) in [5, 5.41) is 13.9. The van der Waals surface area contributed by atoms with Crippen LogP contribution in [0.2, 0.25) is 0 Å². The Morgan fingerprint density at radius 2 is 1.87 bits per heavy atom. The summed E-state index contributed by atoms with van der Waals surface area (Å²) in [6, 6.07) is 14.0. The van der Waals surface area contributed by atoms with Crippen molar-refractivity contribution in [3.63, 3.8) is 0 Å². The number of benzene rings is 1. The molecular weight excluding hydrogens is 478 g/mol. The number of aromatic nitrogens is 4. The molecule has 5 rings (SSSR count). The molecule has 1 aliphatic heterocycles. The van der Waals surface area contributed by atoms with Crippen molar-refractivity contribution in [1.82, 2.24) is 30.2 Å². The molecule has 1 aromatic carbocycles. The highest BCUT2D eigenvalue weighted by molar-refractivity contribution is 6.00. The minimum atomic E-state index is -0.204. The smallest absolute Gasteiger partial charge is 0.248 e. The number of nitrogens with zero attached hydrogens (tertiary/aromatic N) is 5. The molecule has 10 heteroatoms. The van der Waals surface area contributed by atoms with E-state index in [1.54, 1.807) is 30.7 Å². The third kappa shape index (κ3) is 6.47. The van der Waals surface area contributed by atoms with E-state index in [0.29, 0.717) is 41.1 Å². The maximum atomic E-state index is 12.3. The van der Waals surface area contributed by atoms with Crippen LogP contribution in [0.25, 0.3) is 22.3 Å². The van der Waals surface area contributed by atoms with Crippen LogP contribution < -0.4 is 21.3 Å². The molecule has 1 saturated heterocycles. The number of anilines is 4. The van der Waals surface area contributed by atoms with Crippen LogP contribution in [0.3, 0.4) is 0 Å². The molecule has 1 aliphatic rings. The fraction of sp³-hybridized carbons (Fsp3) is 0.250. The zero-order valence-electron chi connectivity index (χ0n) is 21.5. The molecule has 38 heavy (non-hydrogen) atoms. The highest BCUT2D eigenvalue weighted by atomic mass is 16.1. The van der Waals surface area contributed by atoms with Gasteiger partial charge in [0.25, 0.3) is 0 Å². The van der Waals surface area contributed by atoms with Crippen LogP contribution in [-0.2, 0) is 4.79 Å². The molecule has 0 saturated carbocycles. The van der Waals surface area contributed by atoms with Gasteiger partial charge in [0.1, 0.15) is 11.2 Å². The molecule has 0 aliphatic carbocycles. The van der Waals surface area contributed by atoms with E-state index in [0.717, 1.165) is 36.3 Å². The lowest BCUT2D eigenvalue weighted by Gasteiger charge is -2.13. The van der Waals surface area contributed by atoms with Crippen molar-refractivity contribution in [2.45, 2.75) is 12.5 Å². The van der Waals surface area contributed by atoms with Gasteiger partial charge in [-0.3, -0.25) is 14.8 Å². The Bertz CT molecular complexity index is 1430. The summed E-state index contributed by atoms with van der Waals surface area (Å²) in [7, 11) is 3.89. The van der Waals surface area contributed by atoms with Gasteiger partial charge in [-0.1, -0.05) is 6.08 Å². The van der Waals surface area contributed by atoms with Crippen LogP contribution in [0.15, 0.2) is 73.2 Å². The molecule has 1 amide bonds. The summed E-state index contributed by atoms with van der Waals surface area (Å²) in [4.78, 5) is 32.5. The van der Waals surface area contributed by atoms with E-state index < -0.39 is 0 Å². The summed E-state index contributed by atoms with van der Waals surface area (Å²) in [5.41, 5.74) is 4.47. The molecule has 4 aromatic rings. The Balaban J connectivity index is 1.33. The van der Waals surface area contributed by atoms with E-state index in [4.69, 9.17) is 4.98 Å². The van der Waals surface area contributed by atoms with Gasteiger partial charge in [0.15, 0.2) is 0 Å². The number of rotatable bonds is 9. The van der Waals surface area contributed by atoms with Crippen LogP contribution >= 0.6 is 0 Å². The number of hydrogen-bond acceptors (Lipinski definition) is 9. The lowest BCUT2D eigenvalue weighted by atomic mass is 10.1. The molecule has 1 atom stereocenters. The number of likely N-dealkylation sites (N-methyl/N-ethyl adjacent to an activating group) is 1. The van der Waals surface area contributed by atoms with Crippen LogP contribution in [0.1, 0.15) is 6.42 Å². The van der Waals surface area contributed by atoms with E-state index >= 15 is 0 Å². The molecule has 4 heterocycles. The molecule has 3 aromatic heterocycles. The molecule has 1 unspecified atom stereocenters. The van der Waals surface area contributed by atoms with Crippen LogP contribution in [0.5, 0.6) is 0 Å². The Kier molecular flexibility index (Phi) is 7.81. The van der Waals surface area contributed by atoms with Gasteiger partial charge in [-0.15, -0.1) is 0 Å². The number of carbonyl (C=O) groups is 1. The molecule has 0 spiro atoms. The van der Waals surface area contributed by atoms with Crippen molar-refractivity contribution in [2.75, 3.05) is 49.7 Å². The molecule has 194 valence electrons. The van der Waals surface area contributed by atoms with Gasteiger partial charge in [0.05, 0.1) is 5.69 Å². The molecule has 0 radical (unpaired) electrons. The second-order valence-electron chi connectivity index (χ2n) is 9.41. The number of hydrogen-bond donors (Lipinski definition) is 4.